The van der Waals surface area contributed by atoms with E-state index < -0.39 is 0 Å². The Balaban J connectivity index is 1.70. The Kier molecular flexibility index (Phi) is 3.34. The monoisotopic (exact) mass is 302 g/mol. The number of aliphatic hydroxyl groups excluding tert-OH is 1. The SMILES string of the molecule is CC(O)[C@@]12CCC[C@H]1[C@@H]1C(=O)CC3=CC(=O)CC[C@@H]3[C@H]1CC2. The molecule has 0 saturated heterocycles. The van der Waals surface area contributed by atoms with Gasteiger partial charge in [-0.25, -0.2) is 0 Å². The van der Waals surface area contributed by atoms with Gasteiger partial charge in [0.1, 0.15) is 5.78 Å². The van der Waals surface area contributed by atoms with Crippen molar-refractivity contribution in [1.82, 2.24) is 0 Å². The zero-order chi connectivity index (χ0) is 15.5. The molecule has 0 aromatic heterocycles. The first-order valence-electron chi connectivity index (χ1n) is 8.97. The summed E-state index contributed by atoms with van der Waals surface area (Å²) in [6.45, 7) is 1.93. The molecule has 0 aromatic rings. The highest BCUT2D eigenvalue weighted by atomic mass is 16.3. The third-order valence-corrected chi connectivity index (χ3v) is 7.36. The number of aliphatic hydroxyl groups is 1. The van der Waals surface area contributed by atoms with E-state index in [2.05, 4.69) is 0 Å². The number of ketones is 2. The number of hydrogen-bond acceptors (Lipinski definition) is 3. The Morgan fingerprint density at radius 1 is 1.23 bits per heavy atom. The molecular weight excluding hydrogens is 276 g/mol. The predicted octanol–water partition coefficient (Wildman–Crippen LogP) is 3.06. The first-order chi connectivity index (χ1) is 10.5. The van der Waals surface area contributed by atoms with Crippen LogP contribution in [0.2, 0.25) is 0 Å². The molecule has 0 amide bonds. The van der Waals surface area contributed by atoms with Gasteiger partial charge in [0, 0.05) is 18.8 Å². The zero-order valence-corrected chi connectivity index (χ0v) is 13.4. The molecule has 120 valence electrons. The standard InChI is InChI=1S/C19H26O3/c1-11(20)19-7-2-3-16(19)18-15(6-8-19)14-5-4-13(21)9-12(14)10-17(18)22/h9,11,14-16,18,20H,2-8,10H2,1H3/t11?,14-,15+,16-,18+,19-/m0/s1. The van der Waals surface area contributed by atoms with Gasteiger partial charge < -0.3 is 5.11 Å². The fourth-order valence-corrected chi connectivity index (χ4v) is 6.39. The van der Waals surface area contributed by atoms with Crippen LogP contribution in [0, 0.1) is 29.1 Å². The Hall–Kier alpha value is -0.960. The lowest BCUT2D eigenvalue weighted by Gasteiger charge is -2.53. The van der Waals surface area contributed by atoms with Crippen molar-refractivity contribution in [3.63, 3.8) is 0 Å². The average molecular weight is 302 g/mol. The van der Waals surface area contributed by atoms with Crippen molar-refractivity contribution in [2.75, 3.05) is 0 Å². The topological polar surface area (TPSA) is 54.4 Å². The summed E-state index contributed by atoms with van der Waals surface area (Å²) >= 11 is 0. The van der Waals surface area contributed by atoms with E-state index in [1.54, 1.807) is 6.08 Å². The van der Waals surface area contributed by atoms with Crippen LogP contribution >= 0.6 is 0 Å². The van der Waals surface area contributed by atoms with E-state index in [1.807, 2.05) is 6.92 Å². The number of allylic oxidation sites excluding steroid dienone is 1. The Morgan fingerprint density at radius 3 is 2.82 bits per heavy atom. The highest BCUT2D eigenvalue weighted by Gasteiger charge is 2.58. The molecule has 0 aromatic carbocycles. The van der Waals surface area contributed by atoms with Crippen molar-refractivity contribution in [3.05, 3.63) is 11.6 Å². The van der Waals surface area contributed by atoms with E-state index in [1.165, 1.54) is 0 Å². The first-order valence-corrected chi connectivity index (χ1v) is 8.97. The minimum atomic E-state index is -0.307. The van der Waals surface area contributed by atoms with Crippen LogP contribution in [0.1, 0.15) is 58.3 Å². The summed E-state index contributed by atoms with van der Waals surface area (Å²) in [6.07, 6.45) is 8.98. The second kappa shape index (κ2) is 5.02. The van der Waals surface area contributed by atoms with E-state index in [0.717, 1.165) is 44.1 Å². The van der Waals surface area contributed by atoms with E-state index in [-0.39, 0.29) is 23.2 Å². The molecule has 3 heteroatoms. The number of fused-ring (bicyclic) bond motifs is 5. The summed E-state index contributed by atoms with van der Waals surface area (Å²) < 4.78 is 0. The van der Waals surface area contributed by atoms with Crippen LogP contribution in [0.4, 0.5) is 0 Å². The van der Waals surface area contributed by atoms with Crippen molar-refractivity contribution < 1.29 is 14.7 Å². The molecule has 3 fully saturated rings. The second-order valence-corrected chi connectivity index (χ2v) is 8.11. The van der Waals surface area contributed by atoms with Crippen LogP contribution in [0.15, 0.2) is 11.6 Å². The van der Waals surface area contributed by atoms with Crippen LogP contribution < -0.4 is 0 Å². The van der Waals surface area contributed by atoms with E-state index in [0.29, 0.717) is 36.4 Å². The van der Waals surface area contributed by atoms with Gasteiger partial charge in [0.05, 0.1) is 6.10 Å². The van der Waals surface area contributed by atoms with Gasteiger partial charge in [0.2, 0.25) is 0 Å². The molecule has 0 heterocycles. The van der Waals surface area contributed by atoms with E-state index >= 15 is 0 Å². The molecule has 3 saturated carbocycles. The van der Waals surface area contributed by atoms with Gasteiger partial charge in [-0.3, -0.25) is 9.59 Å². The smallest absolute Gasteiger partial charge is 0.155 e. The van der Waals surface area contributed by atoms with Gasteiger partial charge in [0.25, 0.3) is 0 Å². The minimum Gasteiger partial charge on any atom is -0.393 e. The van der Waals surface area contributed by atoms with Gasteiger partial charge >= 0.3 is 0 Å². The fourth-order valence-electron chi connectivity index (χ4n) is 6.39. The van der Waals surface area contributed by atoms with Gasteiger partial charge in [-0.05, 0) is 68.3 Å². The molecule has 22 heavy (non-hydrogen) atoms. The maximum atomic E-state index is 12.9. The van der Waals surface area contributed by atoms with Crippen molar-refractivity contribution in [2.45, 2.75) is 64.4 Å². The van der Waals surface area contributed by atoms with Gasteiger partial charge in [0.15, 0.2) is 5.78 Å². The Morgan fingerprint density at radius 2 is 2.05 bits per heavy atom. The number of hydrogen-bond donors (Lipinski definition) is 1. The van der Waals surface area contributed by atoms with Crippen LogP contribution in [-0.4, -0.2) is 22.8 Å². The predicted molar refractivity (Wildman–Crippen MR) is 83.1 cm³/mol. The molecule has 0 aliphatic heterocycles. The van der Waals surface area contributed by atoms with Crippen molar-refractivity contribution in [3.8, 4) is 0 Å². The summed E-state index contributed by atoms with van der Waals surface area (Å²) in [6, 6.07) is 0. The second-order valence-electron chi connectivity index (χ2n) is 8.11. The van der Waals surface area contributed by atoms with Crippen LogP contribution in [0.5, 0.6) is 0 Å². The van der Waals surface area contributed by atoms with Gasteiger partial charge in [-0.1, -0.05) is 12.0 Å². The fraction of sp³-hybridized carbons (Fsp3) is 0.789. The quantitative estimate of drug-likeness (QED) is 0.810. The van der Waals surface area contributed by atoms with Crippen LogP contribution in [0.3, 0.4) is 0 Å². The highest BCUT2D eigenvalue weighted by Crippen LogP contribution is 2.62. The summed E-state index contributed by atoms with van der Waals surface area (Å²) in [5, 5.41) is 10.4. The third-order valence-electron chi connectivity index (χ3n) is 7.36. The number of rotatable bonds is 1. The lowest BCUT2D eigenvalue weighted by Crippen LogP contribution is -2.52. The molecule has 4 aliphatic rings. The molecule has 0 radical (unpaired) electrons. The summed E-state index contributed by atoms with van der Waals surface area (Å²) in [7, 11) is 0. The summed E-state index contributed by atoms with van der Waals surface area (Å²) in [4.78, 5) is 24.6. The number of carbonyl (C=O) groups is 2. The normalized spacial score (nSPS) is 45.6. The lowest BCUT2D eigenvalue weighted by atomic mass is 9.50. The molecule has 4 rings (SSSR count). The molecule has 6 atom stereocenters. The molecular formula is C19H26O3. The number of Topliss-reactive ketones (excluding diaryl/α,β-unsaturated/α-hetero) is 1. The van der Waals surface area contributed by atoms with E-state index in [9.17, 15) is 14.7 Å². The summed E-state index contributed by atoms with van der Waals surface area (Å²) in [5.74, 6) is 1.94. The van der Waals surface area contributed by atoms with E-state index in [4.69, 9.17) is 0 Å². The van der Waals surface area contributed by atoms with Crippen molar-refractivity contribution in [1.29, 1.82) is 0 Å². The van der Waals surface area contributed by atoms with Crippen molar-refractivity contribution in [2.24, 2.45) is 29.1 Å². The molecule has 4 aliphatic carbocycles. The number of carbonyl (C=O) groups excluding carboxylic acids is 2. The first kappa shape index (κ1) is 14.6. The Labute approximate surface area is 132 Å². The third kappa shape index (κ3) is 1.90. The average Bonchev–Trinajstić information content (AvgIpc) is 2.91. The maximum absolute atomic E-state index is 12.9. The largest absolute Gasteiger partial charge is 0.393 e. The zero-order valence-electron chi connectivity index (χ0n) is 13.4. The molecule has 1 N–H and O–H groups in total. The molecule has 0 bridgehead atoms. The summed E-state index contributed by atoms with van der Waals surface area (Å²) in [5.41, 5.74) is 1.10. The Bertz CT molecular complexity index is 547. The maximum Gasteiger partial charge on any atom is 0.155 e. The highest BCUT2D eigenvalue weighted by molar-refractivity contribution is 5.94. The minimum absolute atomic E-state index is 0.0114. The van der Waals surface area contributed by atoms with Gasteiger partial charge in [-0.2, -0.15) is 0 Å². The van der Waals surface area contributed by atoms with Crippen LogP contribution in [0.25, 0.3) is 0 Å². The molecule has 0 spiro atoms. The molecule has 1 unspecified atom stereocenters. The molecule has 3 nitrogen and oxygen atoms in total. The van der Waals surface area contributed by atoms with Crippen molar-refractivity contribution >= 4 is 11.6 Å². The van der Waals surface area contributed by atoms with Gasteiger partial charge in [-0.15, -0.1) is 0 Å². The van der Waals surface area contributed by atoms with Crippen LogP contribution in [-0.2, 0) is 9.59 Å². The lowest BCUT2D eigenvalue weighted by molar-refractivity contribution is -0.140.